The lowest BCUT2D eigenvalue weighted by molar-refractivity contribution is -0.131. The third-order valence-electron chi connectivity index (χ3n) is 4.90. The van der Waals surface area contributed by atoms with Gasteiger partial charge in [0.05, 0.1) is 0 Å². The summed E-state index contributed by atoms with van der Waals surface area (Å²) in [5.74, 6) is -0.0673. The van der Waals surface area contributed by atoms with Crippen molar-refractivity contribution in [3.63, 3.8) is 0 Å². The van der Waals surface area contributed by atoms with Crippen LogP contribution in [0.25, 0.3) is 0 Å². The number of likely N-dealkylation sites (N-methyl/N-ethyl adjacent to an activating group) is 2. The number of likely N-dealkylation sites (tertiary alicyclic amines) is 1. The molecule has 0 bridgehead atoms. The summed E-state index contributed by atoms with van der Waals surface area (Å²) >= 11 is 0. The Morgan fingerprint density at radius 1 is 1.19 bits per heavy atom. The molecule has 0 aliphatic carbocycles. The molecule has 2 aliphatic rings. The monoisotopic (exact) mass is 287 g/mol. The Labute approximate surface area is 125 Å². The van der Waals surface area contributed by atoms with Crippen LogP contribution in [0.1, 0.15) is 17.5 Å². The maximum absolute atomic E-state index is 12.5. The maximum Gasteiger partial charge on any atom is 0.327 e. The minimum absolute atomic E-state index is 0.0673. The molecule has 3 amide bonds. The predicted molar refractivity (Wildman–Crippen MR) is 79.7 cm³/mol. The van der Waals surface area contributed by atoms with Crippen LogP contribution in [-0.4, -0.2) is 59.4 Å². The Balaban J connectivity index is 1.78. The lowest BCUT2D eigenvalue weighted by atomic mass is 9.97. The molecule has 0 unspecified atom stereocenters. The smallest absolute Gasteiger partial charge is 0.311 e. The van der Waals surface area contributed by atoms with Crippen molar-refractivity contribution in [2.45, 2.75) is 25.4 Å². The predicted octanol–water partition coefficient (Wildman–Crippen LogP) is 1.46. The van der Waals surface area contributed by atoms with Crippen molar-refractivity contribution in [3.05, 3.63) is 35.4 Å². The number of hydrogen-bond donors (Lipinski definition) is 0. The lowest BCUT2D eigenvalue weighted by Crippen LogP contribution is -2.49. The van der Waals surface area contributed by atoms with Crippen molar-refractivity contribution in [1.82, 2.24) is 14.7 Å². The Hall–Kier alpha value is -1.88. The highest BCUT2D eigenvalue weighted by atomic mass is 16.2. The second-order valence-corrected chi connectivity index (χ2v) is 6.12. The summed E-state index contributed by atoms with van der Waals surface area (Å²) in [5.41, 5.74) is 1.88. The molecule has 2 fully saturated rings. The molecule has 2 saturated heterocycles. The Kier molecular flexibility index (Phi) is 3.24. The van der Waals surface area contributed by atoms with Crippen molar-refractivity contribution < 1.29 is 9.59 Å². The average molecular weight is 287 g/mol. The van der Waals surface area contributed by atoms with Gasteiger partial charge < -0.3 is 4.90 Å². The largest absolute Gasteiger partial charge is 0.327 e. The first-order valence-electron chi connectivity index (χ1n) is 7.28. The summed E-state index contributed by atoms with van der Waals surface area (Å²) in [6.07, 6.45) is 0.713. The number of urea groups is 1. The molecule has 2 heterocycles. The van der Waals surface area contributed by atoms with Crippen LogP contribution in [0.5, 0.6) is 0 Å². The fourth-order valence-corrected chi connectivity index (χ4v) is 3.43. The quantitative estimate of drug-likeness (QED) is 0.774. The van der Waals surface area contributed by atoms with Gasteiger partial charge in [0.1, 0.15) is 5.54 Å². The van der Waals surface area contributed by atoms with Crippen LogP contribution in [0.15, 0.2) is 24.3 Å². The zero-order chi connectivity index (χ0) is 15.2. The van der Waals surface area contributed by atoms with E-state index in [9.17, 15) is 9.59 Å². The third-order valence-corrected chi connectivity index (χ3v) is 4.90. The van der Waals surface area contributed by atoms with Crippen molar-refractivity contribution >= 4 is 11.9 Å². The minimum Gasteiger partial charge on any atom is -0.311 e. The Morgan fingerprint density at radius 3 is 2.52 bits per heavy atom. The van der Waals surface area contributed by atoms with E-state index in [1.165, 1.54) is 16.0 Å². The standard InChI is InChI=1S/C16H21N3O2/c1-12-6-4-5-7-13(12)10-19-9-8-16(11-19)14(20)17(2)15(21)18(16)3/h4-7H,8-11H2,1-3H3/t16-/m1/s1. The molecular weight excluding hydrogens is 266 g/mol. The molecule has 5 nitrogen and oxygen atoms in total. The molecule has 2 aliphatic heterocycles. The van der Waals surface area contributed by atoms with E-state index in [1.54, 1.807) is 19.0 Å². The van der Waals surface area contributed by atoms with E-state index < -0.39 is 5.54 Å². The van der Waals surface area contributed by atoms with Crippen LogP contribution in [0, 0.1) is 6.92 Å². The third kappa shape index (κ3) is 2.03. The molecule has 21 heavy (non-hydrogen) atoms. The van der Waals surface area contributed by atoms with Gasteiger partial charge >= 0.3 is 6.03 Å². The highest BCUT2D eigenvalue weighted by molar-refractivity contribution is 6.07. The van der Waals surface area contributed by atoms with E-state index in [1.807, 2.05) is 12.1 Å². The van der Waals surface area contributed by atoms with E-state index in [2.05, 4.69) is 24.0 Å². The zero-order valence-electron chi connectivity index (χ0n) is 12.8. The van der Waals surface area contributed by atoms with Gasteiger partial charge in [-0.3, -0.25) is 14.6 Å². The molecular formula is C16H21N3O2. The van der Waals surface area contributed by atoms with Gasteiger partial charge in [0, 0.05) is 33.7 Å². The molecule has 1 spiro atoms. The minimum atomic E-state index is -0.658. The number of amides is 3. The number of rotatable bonds is 2. The molecule has 0 aromatic heterocycles. The van der Waals surface area contributed by atoms with Gasteiger partial charge in [0.25, 0.3) is 5.91 Å². The number of nitrogens with zero attached hydrogens (tertiary/aromatic N) is 3. The molecule has 1 atom stereocenters. The van der Waals surface area contributed by atoms with Crippen molar-refractivity contribution in [1.29, 1.82) is 0 Å². The normalized spacial score (nSPS) is 26.4. The summed E-state index contributed by atoms with van der Waals surface area (Å²) in [7, 11) is 3.31. The van der Waals surface area contributed by atoms with Crippen LogP contribution in [0.2, 0.25) is 0 Å². The SMILES string of the molecule is Cc1ccccc1CN1CC[C@@]2(C1)C(=O)N(C)C(=O)N2C. The van der Waals surface area contributed by atoms with E-state index in [-0.39, 0.29) is 11.9 Å². The summed E-state index contributed by atoms with van der Waals surface area (Å²) in [6, 6.07) is 8.10. The topological polar surface area (TPSA) is 43.9 Å². The van der Waals surface area contributed by atoms with Gasteiger partial charge in [-0.25, -0.2) is 4.79 Å². The molecule has 112 valence electrons. The highest BCUT2D eigenvalue weighted by Gasteiger charge is 2.57. The average Bonchev–Trinajstić information content (AvgIpc) is 2.96. The molecule has 5 heteroatoms. The van der Waals surface area contributed by atoms with Crippen molar-refractivity contribution in [2.24, 2.45) is 0 Å². The van der Waals surface area contributed by atoms with E-state index >= 15 is 0 Å². The maximum atomic E-state index is 12.5. The highest BCUT2D eigenvalue weighted by Crippen LogP contribution is 2.35. The second-order valence-electron chi connectivity index (χ2n) is 6.12. The molecule has 0 radical (unpaired) electrons. The fraction of sp³-hybridized carbons (Fsp3) is 0.500. The lowest BCUT2D eigenvalue weighted by Gasteiger charge is -2.28. The van der Waals surface area contributed by atoms with Crippen LogP contribution in [-0.2, 0) is 11.3 Å². The number of hydrogen-bond acceptors (Lipinski definition) is 3. The molecule has 1 aromatic rings. The van der Waals surface area contributed by atoms with E-state index in [0.29, 0.717) is 13.0 Å². The van der Waals surface area contributed by atoms with Crippen LogP contribution in [0.4, 0.5) is 4.79 Å². The van der Waals surface area contributed by atoms with Crippen LogP contribution in [0.3, 0.4) is 0 Å². The number of carbonyl (C=O) groups is 2. The first kappa shape index (κ1) is 14.1. The van der Waals surface area contributed by atoms with Crippen LogP contribution < -0.4 is 0 Å². The van der Waals surface area contributed by atoms with Crippen molar-refractivity contribution in [3.8, 4) is 0 Å². The van der Waals surface area contributed by atoms with Crippen LogP contribution >= 0.6 is 0 Å². The number of benzene rings is 1. The van der Waals surface area contributed by atoms with Gasteiger partial charge in [-0.1, -0.05) is 24.3 Å². The second kappa shape index (κ2) is 4.84. The Bertz CT molecular complexity index is 601. The Morgan fingerprint density at radius 2 is 1.90 bits per heavy atom. The first-order chi connectivity index (χ1) is 9.95. The summed E-state index contributed by atoms with van der Waals surface area (Å²) in [6.45, 7) is 4.39. The van der Waals surface area contributed by atoms with Gasteiger partial charge in [0.15, 0.2) is 0 Å². The van der Waals surface area contributed by atoms with Gasteiger partial charge in [0.2, 0.25) is 0 Å². The van der Waals surface area contributed by atoms with Gasteiger partial charge in [-0.15, -0.1) is 0 Å². The summed E-state index contributed by atoms with van der Waals surface area (Å²) < 4.78 is 0. The number of aryl methyl sites for hydroxylation is 1. The van der Waals surface area contributed by atoms with E-state index in [0.717, 1.165) is 13.1 Å². The fourth-order valence-electron chi connectivity index (χ4n) is 3.43. The summed E-state index contributed by atoms with van der Waals surface area (Å²) in [4.78, 5) is 29.6. The molecule has 3 rings (SSSR count). The molecule has 1 aromatic carbocycles. The molecule has 0 N–H and O–H groups in total. The first-order valence-corrected chi connectivity index (χ1v) is 7.28. The molecule has 0 saturated carbocycles. The summed E-state index contributed by atoms with van der Waals surface area (Å²) in [5, 5.41) is 0. The van der Waals surface area contributed by atoms with Gasteiger partial charge in [-0.05, 0) is 24.5 Å². The van der Waals surface area contributed by atoms with Crippen molar-refractivity contribution in [2.75, 3.05) is 27.2 Å². The van der Waals surface area contributed by atoms with E-state index in [4.69, 9.17) is 0 Å². The van der Waals surface area contributed by atoms with Gasteiger partial charge in [-0.2, -0.15) is 0 Å². The number of carbonyl (C=O) groups excluding carboxylic acids is 2. The zero-order valence-corrected chi connectivity index (χ0v) is 12.8. The number of imide groups is 1.